The fraction of sp³-hybridized carbons (Fsp3) is 0.733. The molecule has 1 saturated carbocycles. The number of hydrogen-bond donors (Lipinski definition) is 1. The minimum Gasteiger partial charge on any atom is -0.349 e. The fourth-order valence-electron chi connectivity index (χ4n) is 1.75. The van der Waals surface area contributed by atoms with Crippen LogP contribution >= 0.6 is 0 Å². The summed E-state index contributed by atoms with van der Waals surface area (Å²) in [4.78, 5) is 22.8. The molecule has 1 N–H and O–H groups in total. The summed E-state index contributed by atoms with van der Waals surface area (Å²) in [6, 6.07) is 0. The molecule has 0 aromatic carbocycles. The van der Waals surface area contributed by atoms with Gasteiger partial charge in [0.15, 0.2) is 5.78 Å². The smallest absolute Gasteiger partial charge is 0.349 e. The largest absolute Gasteiger partial charge is 0.395 e. The lowest BCUT2D eigenvalue weighted by molar-refractivity contribution is -0.190. The zero-order valence-electron chi connectivity index (χ0n) is 13.1. The Morgan fingerprint density at radius 3 is 2.14 bits per heavy atom. The van der Waals surface area contributed by atoms with Crippen LogP contribution in [0.3, 0.4) is 0 Å². The van der Waals surface area contributed by atoms with Gasteiger partial charge in [-0.25, -0.2) is 0 Å². The number of carbonyl (C=O) groups excluding carboxylic acids is 2. The summed E-state index contributed by atoms with van der Waals surface area (Å²) >= 11 is 0. The Morgan fingerprint density at radius 2 is 1.76 bits per heavy atom. The van der Waals surface area contributed by atoms with Gasteiger partial charge < -0.3 is 5.32 Å². The molecular formula is C15H24F3NO2. The van der Waals surface area contributed by atoms with Crippen LogP contribution in [-0.2, 0) is 9.59 Å². The van der Waals surface area contributed by atoms with Crippen LogP contribution in [0.1, 0.15) is 53.4 Å². The van der Waals surface area contributed by atoms with Gasteiger partial charge >= 0.3 is 6.18 Å². The molecule has 0 atom stereocenters. The SMILES string of the molecule is C/C=C(\C)CC(=O)CNC(=O)CC1(C(F)(F)F)CC1.CC. The molecule has 0 aliphatic heterocycles. The standard InChI is InChI=1S/C13H18F3NO2.C2H6/c1-3-9(2)6-10(18)8-17-11(19)7-12(4-5-12)13(14,15)16;1-2/h3H,4-8H2,1-2H3,(H,17,19);1-2H3/b9-3+;. The molecule has 0 heterocycles. The second-order valence-electron chi connectivity index (χ2n) is 5.08. The first-order valence-corrected chi connectivity index (χ1v) is 7.17. The Kier molecular flexibility index (Phi) is 7.68. The van der Waals surface area contributed by atoms with Crippen molar-refractivity contribution in [2.45, 2.75) is 59.6 Å². The van der Waals surface area contributed by atoms with E-state index in [0.29, 0.717) is 0 Å². The van der Waals surface area contributed by atoms with Crippen LogP contribution in [0.5, 0.6) is 0 Å². The Balaban J connectivity index is 0.00000191. The third-order valence-electron chi connectivity index (χ3n) is 3.41. The lowest BCUT2D eigenvalue weighted by atomic mass is 10.0. The molecule has 1 amide bonds. The third-order valence-corrected chi connectivity index (χ3v) is 3.41. The maximum atomic E-state index is 12.6. The van der Waals surface area contributed by atoms with E-state index in [1.165, 1.54) is 0 Å². The zero-order chi connectivity index (χ0) is 16.7. The van der Waals surface area contributed by atoms with Crippen LogP contribution in [0.2, 0.25) is 0 Å². The normalized spacial score (nSPS) is 16.6. The van der Waals surface area contributed by atoms with Crippen molar-refractivity contribution in [3.63, 3.8) is 0 Å². The van der Waals surface area contributed by atoms with Gasteiger partial charge in [0.1, 0.15) is 0 Å². The van der Waals surface area contributed by atoms with Crippen molar-refractivity contribution in [2.75, 3.05) is 6.54 Å². The molecule has 6 heteroatoms. The van der Waals surface area contributed by atoms with Gasteiger partial charge in [-0.1, -0.05) is 25.5 Å². The summed E-state index contributed by atoms with van der Waals surface area (Å²) in [6.07, 6.45) is -2.93. The maximum Gasteiger partial charge on any atom is 0.395 e. The van der Waals surface area contributed by atoms with Gasteiger partial charge in [-0.05, 0) is 26.7 Å². The summed E-state index contributed by atoms with van der Waals surface area (Å²) in [5.74, 6) is -0.915. The van der Waals surface area contributed by atoms with E-state index in [9.17, 15) is 22.8 Å². The summed E-state index contributed by atoms with van der Waals surface area (Å²) in [5.41, 5.74) is -0.979. The number of alkyl halides is 3. The molecule has 1 rings (SSSR count). The van der Waals surface area contributed by atoms with Crippen LogP contribution in [0.25, 0.3) is 0 Å². The van der Waals surface area contributed by atoms with Gasteiger partial charge in [-0.15, -0.1) is 0 Å². The van der Waals surface area contributed by atoms with Crippen molar-refractivity contribution in [2.24, 2.45) is 5.41 Å². The molecular weight excluding hydrogens is 283 g/mol. The highest BCUT2D eigenvalue weighted by atomic mass is 19.4. The topological polar surface area (TPSA) is 46.2 Å². The van der Waals surface area contributed by atoms with Gasteiger partial charge in [0.2, 0.25) is 5.91 Å². The Morgan fingerprint density at radius 1 is 1.24 bits per heavy atom. The van der Waals surface area contributed by atoms with E-state index in [2.05, 4.69) is 5.32 Å². The molecule has 0 aromatic rings. The van der Waals surface area contributed by atoms with E-state index >= 15 is 0 Å². The van der Waals surface area contributed by atoms with Gasteiger partial charge in [0.25, 0.3) is 0 Å². The van der Waals surface area contributed by atoms with Crippen molar-refractivity contribution in [1.82, 2.24) is 5.32 Å². The molecule has 0 bridgehead atoms. The zero-order valence-corrected chi connectivity index (χ0v) is 13.1. The number of amides is 1. The minimum atomic E-state index is -4.34. The predicted octanol–water partition coefficient (Wildman–Crippen LogP) is 3.79. The maximum absolute atomic E-state index is 12.6. The van der Waals surface area contributed by atoms with E-state index in [0.717, 1.165) is 5.57 Å². The lowest BCUT2D eigenvalue weighted by Gasteiger charge is -2.18. The summed E-state index contributed by atoms with van der Waals surface area (Å²) in [5, 5.41) is 2.26. The lowest BCUT2D eigenvalue weighted by Crippen LogP contribution is -2.35. The highest BCUT2D eigenvalue weighted by molar-refractivity contribution is 5.87. The number of ketones is 1. The molecule has 21 heavy (non-hydrogen) atoms. The number of nitrogens with one attached hydrogen (secondary N) is 1. The molecule has 1 aliphatic carbocycles. The molecule has 0 spiro atoms. The number of carbonyl (C=O) groups is 2. The van der Waals surface area contributed by atoms with Crippen LogP contribution in [0.4, 0.5) is 13.2 Å². The van der Waals surface area contributed by atoms with Crippen molar-refractivity contribution < 1.29 is 22.8 Å². The first-order valence-electron chi connectivity index (χ1n) is 7.17. The average Bonchev–Trinajstić information content (AvgIpc) is 3.19. The van der Waals surface area contributed by atoms with Crippen molar-refractivity contribution in [3.05, 3.63) is 11.6 Å². The van der Waals surface area contributed by atoms with Gasteiger partial charge in [0, 0.05) is 12.8 Å². The highest BCUT2D eigenvalue weighted by Gasteiger charge is 2.63. The molecule has 1 fully saturated rings. The van der Waals surface area contributed by atoms with E-state index in [1.54, 1.807) is 19.9 Å². The summed E-state index contributed by atoms with van der Waals surface area (Å²) < 4.78 is 37.9. The van der Waals surface area contributed by atoms with Crippen molar-refractivity contribution in [1.29, 1.82) is 0 Å². The minimum absolute atomic E-state index is 0.00442. The monoisotopic (exact) mass is 307 g/mol. The molecule has 122 valence electrons. The van der Waals surface area contributed by atoms with Crippen LogP contribution < -0.4 is 5.32 Å². The van der Waals surface area contributed by atoms with E-state index < -0.39 is 23.9 Å². The molecule has 3 nitrogen and oxygen atoms in total. The van der Waals surface area contributed by atoms with Crippen LogP contribution in [0.15, 0.2) is 11.6 Å². The van der Waals surface area contributed by atoms with E-state index in [4.69, 9.17) is 0 Å². The van der Waals surface area contributed by atoms with E-state index in [1.807, 2.05) is 13.8 Å². The van der Waals surface area contributed by atoms with Crippen molar-refractivity contribution >= 4 is 11.7 Å². The number of allylic oxidation sites excluding steroid dienone is 2. The van der Waals surface area contributed by atoms with Gasteiger partial charge in [-0.3, -0.25) is 9.59 Å². The second-order valence-corrected chi connectivity index (χ2v) is 5.08. The first-order chi connectivity index (χ1) is 9.70. The van der Waals surface area contributed by atoms with Gasteiger partial charge in [0.05, 0.1) is 12.0 Å². The number of halogens is 3. The van der Waals surface area contributed by atoms with Crippen LogP contribution in [-0.4, -0.2) is 24.4 Å². The Bertz CT molecular complexity index is 396. The molecule has 0 saturated heterocycles. The predicted molar refractivity (Wildman–Crippen MR) is 75.8 cm³/mol. The summed E-state index contributed by atoms with van der Waals surface area (Å²) in [7, 11) is 0. The fourth-order valence-corrected chi connectivity index (χ4v) is 1.75. The number of hydrogen-bond acceptors (Lipinski definition) is 2. The highest BCUT2D eigenvalue weighted by Crippen LogP contribution is 2.59. The number of rotatable bonds is 6. The summed E-state index contributed by atoms with van der Waals surface area (Å²) in [6.45, 7) is 7.36. The second kappa shape index (κ2) is 8.20. The first kappa shape index (κ1) is 19.7. The quantitative estimate of drug-likeness (QED) is 0.759. The average molecular weight is 307 g/mol. The molecule has 0 aromatic heterocycles. The third kappa shape index (κ3) is 6.31. The van der Waals surface area contributed by atoms with Gasteiger partial charge in [-0.2, -0.15) is 13.2 Å². The Labute approximate surface area is 124 Å². The molecule has 1 aliphatic rings. The van der Waals surface area contributed by atoms with Crippen LogP contribution in [0, 0.1) is 5.41 Å². The molecule has 0 unspecified atom stereocenters. The Hall–Kier alpha value is -1.33. The van der Waals surface area contributed by atoms with Crippen molar-refractivity contribution in [3.8, 4) is 0 Å². The van der Waals surface area contributed by atoms with E-state index in [-0.39, 0.29) is 31.6 Å². The number of Topliss-reactive ketones (excluding diaryl/α,β-unsaturated/α-hetero) is 1. The molecule has 0 radical (unpaired) electrons.